The van der Waals surface area contributed by atoms with Crippen LogP contribution in [-0.2, 0) is 21.2 Å². The Morgan fingerprint density at radius 2 is 1.74 bits per heavy atom. The maximum absolute atomic E-state index is 13.0. The van der Waals surface area contributed by atoms with Crippen molar-refractivity contribution < 1.29 is 13.2 Å². The molecular formula is C23H24ClN3O3S. The van der Waals surface area contributed by atoms with Gasteiger partial charge in [0.25, 0.3) is 0 Å². The lowest BCUT2D eigenvalue weighted by molar-refractivity contribution is -0.131. The minimum absolute atomic E-state index is 0.0110. The number of hydrogen-bond acceptors (Lipinski definition) is 4. The van der Waals surface area contributed by atoms with E-state index in [0.29, 0.717) is 18.1 Å². The zero-order valence-electron chi connectivity index (χ0n) is 17.5. The number of aryl methyl sites for hydroxylation is 2. The van der Waals surface area contributed by atoms with Gasteiger partial charge in [-0.3, -0.25) is 9.78 Å². The summed E-state index contributed by atoms with van der Waals surface area (Å²) in [6, 6.07) is 14.2. The van der Waals surface area contributed by atoms with E-state index < -0.39 is 10.0 Å². The van der Waals surface area contributed by atoms with Crippen molar-refractivity contribution in [1.29, 1.82) is 0 Å². The van der Waals surface area contributed by atoms with Gasteiger partial charge < -0.3 is 4.90 Å². The van der Waals surface area contributed by atoms with Crippen molar-refractivity contribution in [3.8, 4) is 0 Å². The predicted molar refractivity (Wildman–Crippen MR) is 122 cm³/mol. The number of carbonyl (C=O) groups excluding carboxylic acids is 1. The molecule has 0 unspecified atom stereocenters. The van der Waals surface area contributed by atoms with E-state index in [4.69, 9.17) is 11.6 Å². The fraction of sp³-hybridized carbons (Fsp3) is 0.304. The van der Waals surface area contributed by atoms with Gasteiger partial charge in [-0.1, -0.05) is 35.9 Å². The van der Waals surface area contributed by atoms with Crippen LogP contribution in [0.2, 0.25) is 5.02 Å². The smallest absolute Gasteiger partial charge is 0.243 e. The van der Waals surface area contributed by atoms with E-state index in [-0.39, 0.29) is 30.3 Å². The number of carbonyl (C=O) groups is 1. The number of benzene rings is 2. The van der Waals surface area contributed by atoms with Crippen molar-refractivity contribution in [2.45, 2.75) is 25.2 Å². The molecule has 1 amide bonds. The highest BCUT2D eigenvalue weighted by Gasteiger charge is 2.30. The molecule has 1 aromatic heterocycles. The second-order valence-corrected chi connectivity index (χ2v) is 10.1. The predicted octanol–water partition coefficient (Wildman–Crippen LogP) is 3.58. The molecule has 31 heavy (non-hydrogen) atoms. The van der Waals surface area contributed by atoms with E-state index in [0.717, 1.165) is 27.7 Å². The van der Waals surface area contributed by atoms with Crippen LogP contribution in [0.4, 0.5) is 0 Å². The van der Waals surface area contributed by atoms with Crippen LogP contribution < -0.4 is 0 Å². The van der Waals surface area contributed by atoms with E-state index in [9.17, 15) is 13.2 Å². The maximum atomic E-state index is 13.0. The largest absolute Gasteiger partial charge is 0.340 e. The molecule has 0 saturated carbocycles. The van der Waals surface area contributed by atoms with Crippen LogP contribution in [0.25, 0.3) is 10.9 Å². The van der Waals surface area contributed by atoms with Crippen LogP contribution in [0, 0.1) is 13.8 Å². The molecule has 3 aromatic rings. The lowest BCUT2D eigenvalue weighted by Crippen LogP contribution is -2.50. The molecule has 4 rings (SSSR count). The molecule has 6 nitrogen and oxygen atoms in total. The molecule has 0 bridgehead atoms. The standard InChI is InChI=1S/C23H24ClN3O3S/c1-16-20-8-3-4-9-22(20)25-17(2)21(16)15-23(28)26-10-12-27(13-11-26)31(29,30)19-7-5-6-18(24)14-19/h3-9,14H,10-13,15H2,1-2H3. The fourth-order valence-corrected chi connectivity index (χ4v) is 5.77. The summed E-state index contributed by atoms with van der Waals surface area (Å²) in [5, 5.41) is 1.43. The summed E-state index contributed by atoms with van der Waals surface area (Å²) in [6.07, 6.45) is 0.260. The summed E-state index contributed by atoms with van der Waals surface area (Å²) < 4.78 is 27.2. The molecular weight excluding hydrogens is 434 g/mol. The Bertz CT molecular complexity index is 1250. The fourth-order valence-electron chi connectivity index (χ4n) is 4.05. The summed E-state index contributed by atoms with van der Waals surface area (Å²) in [7, 11) is -3.63. The number of halogens is 1. The van der Waals surface area contributed by atoms with Crippen LogP contribution in [0.1, 0.15) is 16.8 Å². The highest BCUT2D eigenvalue weighted by atomic mass is 35.5. The number of nitrogens with zero attached hydrogens (tertiary/aromatic N) is 3. The molecule has 0 N–H and O–H groups in total. The quantitative estimate of drug-likeness (QED) is 0.600. The van der Waals surface area contributed by atoms with Gasteiger partial charge in [0.1, 0.15) is 0 Å². The van der Waals surface area contributed by atoms with Crippen molar-refractivity contribution in [1.82, 2.24) is 14.2 Å². The molecule has 162 valence electrons. The van der Waals surface area contributed by atoms with Gasteiger partial charge in [-0.05, 0) is 49.2 Å². The first kappa shape index (κ1) is 21.7. The van der Waals surface area contributed by atoms with Gasteiger partial charge in [-0.2, -0.15) is 4.31 Å². The third-order valence-corrected chi connectivity index (χ3v) is 7.97. The number of amides is 1. The third-order valence-electron chi connectivity index (χ3n) is 5.84. The molecule has 0 spiro atoms. The van der Waals surface area contributed by atoms with Gasteiger partial charge in [0, 0.05) is 42.3 Å². The van der Waals surface area contributed by atoms with Gasteiger partial charge in [0.05, 0.1) is 16.8 Å². The van der Waals surface area contributed by atoms with E-state index >= 15 is 0 Å². The minimum atomic E-state index is -3.63. The normalized spacial score (nSPS) is 15.4. The lowest BCUT2D eigenvalue weighted by atomic mass is 9.99. The summed E-state index contributed by atoms with van der Waals surface area (Å²) in [5.74, 6) is -0.0110. The zero-order chi connectivity index (χ0) is 22.2. The van der Waals surface area contributed by atoms with E-state index in [1.54, 1.807) is 17.0 Å². The molecule has 1 aliphatic heterocycles. The molecule has 1 saturated heterocycles. The van der Waals surface area contributed by atoms with Crippen molar-refractivity contribution in [2.24, 2.45) is 0 Å². The molecule has 0 atom stereocenters. The number of rotatable bonds is 4. The first-order chi connectivity index (χ1) is 14.8. The second-order valence-electron chi connectivity index (χ2n) is 7.74. The second kappa shape index (κ2) is 8.57. The number of piperazine rings is 1. The summed E-state index contributed by atoms with van der Waals surface area (Å²) in [4.78, 5) is 19.6. The third kappa shape index (κ3) is 4.31. The highest BCUT2D eigenvalue weighted by molar-refractivity contribution is 7.89. The number of para-hydroxylation sites is 1. The van der Waals surface area contributed by atoms with Crippen molar-refractivity contribution in [3.63, 3.8) is 0 Å². The lowest BCUT2D eigenvalue weighted by Gasteiger charge is -2.34. The highest BCUT2D eigenvalue weighted by Crippen LogP contribution is 2.24. The molecule has 2 aromatic carbocycles. The van der Waals surface area contributed by atoms with E-state index in [2.05, 4.69) is 4.98 Å². The SMILES string of the molecule is Cc1nc2ccccc2c(C)c1CC(=O)N1CCN(S(=O)(=O)c2cccc(Cl)c2)CC1. The van der Waals surface area contributed by atoms with Crippen LogP contribution in [0.15, 0.2) is 53.4 Å². The van der Waals surface area contributed by atoms with Crippen molar-refractivity contribution >= 4 is 38.4 Å². The van der Waals surface area contributed by atoms with Gasteiger partial charge in [0.2, 0.25) is 15.9 Å². The summed E-state index contributed by atoms with van der Waals surface area (Å²) in [5.41, 5.74) is 3.79. The minimum Gasteiger partial charge on any atom is -0.340 e. The zero-order valence-corrected chi connectivity index (χ0v) is 19.1. The number of fused-ring (bicyclic) bond motifs is 1. The van der Waals surface area contributed by atoms with Gasteiger partial charge >= 0.3 is 0 Å². The van der Waals surface area contributed by atoms with Gasteiger partial charge in [-0.15, -0.1) is 0 Å². The average Bonchev–Trinajstić information content (AvgIpc) is 2.76. The van der Waals surface area contributed by atoms with Crippen molar-refractivity contribution in [3.05, 3.63) is 70.4 Å². The van der Waals surface area contributed by atoms with Crippen LogP contribution in [-0.4, -0.2) is 54.7 Å². The Morgan fingerprint density at radius 1 is 1.03 bits per heavy atom. The van der Waals surface area contributed by atoms with E-state index in [1.807, 2.05) is 38.1 Å². The van der Waals surface area contributed by atoms with Crippen LogP contribution in [0.3, 0.4) is 0 Å². The Labute approximate surface area is 187 Å². The maximum Gasteiger partial charge on any atom is 0.243 e. The molecule has 0 aliphatic carbocycles. The number of sulfonamides is 1. The Hall–Kier alpha value is -2.48. The first-order valence-electron chi connectivity index (χ1n) is 10.2. The molecule has 8 heteroatoms. The van der Waals surface area contributed by atoms with Crippen LogP contribution >= 0.6 is 11.6 Å². The number of pyridine rings is 1. The van der Waals surface area contributed by atoms with Crippen molar-refractivity contribution in [2.75, 3.05) is 26.2 Å². The average molecular weight is 458 g/mol. The van der Waals surface area contributed by atoms with Gasteiger partial charge in [-0.25, -0.2) is 8.42 Å². The Morgan fingerprint density at radius 3 is 2.45 bits per heavy atom. The summed E-state index contributed by atoms with van der Waals surface area (Å²) in [6.45, 7) is 5.19. The van der Waals surface area contributed by atoms with Gasteiger partial charge in [0.15, 0.2) is 0 Å². The molecule has 0 radical (unpaired) electrons. The Balaban J connectivity index is 1.46. The molecule has 2 heterocycles. The summed E-state index contributed by atoms with van der Waals surface area (Å²) >= 11 is 5.95. The first-order valence-corrected chi connectivity index (χ1v) is 12.0. The molecule has 1 aliphatic rings. The molecule has 1 fully saturated rings. The number of hydrogen-bond donors (Lipinski definition) is 0. The van der Waals surface area contributed by atoms with Crippen LogP contribution in [0.5, 0.6) is 0 Å². The number of aromatic nitrogens is 1. The van der Waals surface area contributed by atoms with E-state index in [1.165, 1.54) is 16.4 Å². The topological polar surface area (TPSA) is 70.6 Å². The monoisotopic (exact) mass is 457 g/mol. The Kier molecular flexibility index (Phi) is 6.01.